The van der Waals surface area contributed by atoms with Gasteiger partial charge >= 0.3 is 5.97 Å². The molecule has 4 amide bonds. The SMILES string of the molecule is Cc1nc(-c2ccc(C(C)(C)C)cc2O)cc(CN)c1C(=O)N[C@@H](CNS(N)(=O)=O)C(=O)N(C)[C@@H]1C(=O)N[C@@H](C)C(=O)N[C@H](C(=O)O)Cc2ccc(OCCCN)c(c2)-c2cc1cc(OC[C@H](O)CN)c2O. The molecular weight excluding hydrogens is 957 g/mol. The minimum absolute atomic E-state index is 0.0612. The second kappa shape index (κ2) is 23.5. The molecule has 0 fully saturated rings. The molecule has 23 nitrogen and oxygen atoms in total. The lowest BCUT2D eigenvalue weighted by molar-refractivity contribution is -0.143. The zero-order chi connectivity index (χ0) is 53.4. The molecule has 0 spiro atoms. The highest BCUT2D eigenvalue weighted by molar-refractivity contribution is 7.87. The molecule has 24 heteroatoms. The number of nitrogens with zero attached hydrogens (tertiary/aromatic N) is 2. The Morgan fingerprint density at radius 1 is 0.944 bits per heavy atom. The Labute approximate surface area is 416 Å². The van der Waals surface area contributed by atoms with Crippen LogP contribution in [0.5, 0.6) is 23.0 Å². The maximum Gasteiger partial charge on any atom is 0.326 e. The highest BCUT2D eigenvalue weighted by atomic mass is 32.2. The minimum atomic E-state index is -4.54. The number of aromatic nitrogens is 1. The first-order valence-electron chi connectivity index (χ1n) is 22.8. The normalized spacial score (nSPS) is 17.1. The van der Waals surface area contributed by atoms with Crippen molar-refractivity contribution in [1.29, 1.82) is 0 Å². The van der Waals surface area contributed by atoms with Gasteiger partial charge in [0.05, 0.1) is 23.6 Å². The van der Waals surface area contributed by atoms with Gasteiger partial charge in [-0.15, -0.1) is 0 Å². The van der Waals surface area contributed by atoms with Crippen molar-refractivity contribution >= 4 is 39.8 Å². The second-order valence-corrected chi connectivity index (χ2v) is 19.7. The van der Waals surface area contributed by atoms with Crippen LogP contribution >= 0.6 is 0 Å². The number of aliphatic hydroxyl groups is 1. The minimum Gasteiger partial charge on any atom is -0.507 e. The maximum atomic E-state index is 15.0. The second-order valence-electron chi connectivity index (χ2n) is 18.4. The number of aliphatic carboxylic acids is 1. The third-order valence-corrected chi connectivity index (χ3v) is 12.4. The van der Waals surface area contributed by atoms with Crippen LogP contribution in [0.1, 0.15) is 78.5 Å². The van der Waals surface area contributed by atoms with Gasteiger partial charge in [0.2, 0.25) is 17.7 Å². The first-order chi connectivity index (χ1) is 33.8. The van der Waals surface area contributed by atoms with Crippen LogP contribution in [0, 0.1) is 6.92 Å². The number of amides is 4. The Morgan fingerprint density at radius 2 is 1.65 bits per heavy atom. The van der Waals surface area contributed by atoms with E-state index in [2.05, 4.69) is 20.9 Å². The molecule has 3 aromatic carbocycles. The Kier molecular flexibility index (Phi) is 18.3. The van der Waals surface area contributed by atoms with Crippen LogP contribution in [0.3, 0.4) is 0 Å². The third kappa shape index (κ3) is 13.7. The van der Waals surface area contributed by atoms with E-state index in [4.69, 9.17) is 31.8 Å². The number of pyridine rings is 1. The molecule has 1 aromatic heterocycles. The van der Waals surface area contributed by atoms with Crippen molar-refractivity contribution in [3.8, 4) is 45.4 Å². The fraction of sp³-hybridized carbons (Fsp3) is 0.417. The van der Waals surface area contributed by atoms with E-state index in [0.29, 0.717) is 17.5 Å². The highest BCUT2D eigenvalue weighted by Crippen LogP contribution is 2.45. The number of likely N-dealkylation sites (N-methyl/N-ethyl adjacent to an activating group) is 1. The highest BCUT2D eigenvalue weighted by Gasteiger charge is 2.38. The van der Waals surface area contributed by atoms with E-state index in [1.165, 1.54) is 44.2 Å². The molecule has 0 radical (unpaired) electrons. The summed E-state index contributed by atoms with van der Waals surface area (Å²) >= 11 is 0. The summed E-state index contributed by atoms with van der Waals surface area (Å²) in [6, 6.07) is 7.09. The summed E-state index contributed by atoms with van der Waals surface area (Å²) in [6.07, 6.45) is -1.09. The summed E-state index contributed by atoms with van der Waals surface area (Å²) in [5.41, 5.74) is 19.4. The predicted molar refractivity (Wildman–Crippen MR) is 265 cm³/mol. The summed E-state index contributed by atoms with van der Waals surface area (Å²) < 4.78 is 38.6. The predicted octanol–water partition coefficient (Wildman–Crippen LogP) is 0.0388. The molecule has 2 heterocycles. The average molecular weight is 1020 g/mol. The molecule has 390 valence electrons. The smallest absolute Gasteiger partial charge is 0.326 e. The zero-order valence-electron chi connectivity index (χ0n) is 40.8. The van der Waals surface area contributed by atoms with Crippen LogP contribution in [0.15, 0.2) is 54.6 Å². The number of carboxylic acids is 1. The van der Waals surface area contributed by atoms with Gasteiger partial charge in [0.1, 0.15) is 48.4 Å². The average Bonchev–Trinajstić information content (AvgIpc) is 3.31. The number of carboxylic acid groups (broad SMARTS) is 1. The number of fused-ring (bicyclic) bond motifs is 5. The number of aromatic hydroxyl groups is 2. The van der Waals surface area contributed by atoms with Gasteiger partial charge in [0.15, 0.2) is 11.5 Å². The molecule has 5 rings (SSSR count). The Morgan fingerprint density at radius 3 is 2.26 bits per heavy atom. The fourth-order valence-electron chi connectivity index (χ4n) is 7.87. The number of aliphatic hydroxyl groups excluding tert-OH is 1. The summed E-state index contributed by atoms with van der Waals surface area (Å²) in [7, 11) is -3.39. The van der Waals surface area contributed by atoms with E-state index < -0.39 is 89.0 Å². The number of nitrogens with two attached hydrogens (primary N) is 4. The first kappa shape index (κ1) is 56.0. The van der Waals surface area contributed by atoms with E-state index in [9.17, 15) is 52.8 Å². The molecule has 0 unspecified atom stereocenters. The molecule has 16 N–H and O–H groups in total. The number of benzene rings is 3. The topological polar surface area (TPSA) is 387 Å². The molecule has 1 aliphatic rings. The van der Waals surface area contributed by atoms with Gasteiger partial charge in [0.25, 0.3) is 16.1 Å². The molecule has 0 aliphatic carbocycles. The van der Waals surface area contributed by atoms with Gasteiger partial charge in [-0.3, -0.25) is 24.2 Å². The zero-order valence-corrected chi connectivity index (χ0v) is 41.6. The van der Waals surface area contributed by atoms with Gasteiger partial charge in [-0.25, -0.2) is 9.93 Å². The third-order valence-electron chi connectivity index (χ3n) is 11.8. The molecule has 72 heavy (non-hydrogen) atoms. The summed E-state index contributed by atoms with van der Waals surface area (Å²) in [5, 5.41) is 56.3. The summed E-state index contributed by atoms with van der Waals surface area (Å²) in [4.78, 5) is 75.6. The lowest BCUT2D eigenvalue weighted by Gasteiger charge is -2.33. The first-order valence-corrected chi connectivity index (χ1v) is 24.4. The van der Waals surface area contributed by atoms with E-state index >= 15 is 0 Å². The molecule has 1 aliphatic heterocycles. The van der Waals surface area contributed by atoms with E-state index in [-0.39, 0.29) is 94.5 Å². The maximum absolute atomic E-state index is 15.0. The van der Waals surface area contributed by atoms with Gasteiger partial charge < -0.3 is 68.0 Å². The standard InChI is InChI=1S/C48H64N10O13S/c1-24-40(28(20-50)17-34(54-24)31-10-9-29(19-37(31)60)48(3,4)5)44(63)57-36(22-53-72(52,68)69)46(65)58(6)41-27-16-33(42(61)39(18-27)71-23-30(59)21-51)32-14-26(8-11-38(32)70-13-7-12-49)15-35(47(66)67)56-43(62)25(2)55-45(41)64/h8-11,14,16-19,25,30,35-36,41,53,59-61H,7,12-13,15,20-23,49-51H2,1-6H3,(H,55,64)(H,56,62)(H,57,63)(H,66,67)(H2,52,68,69)/t25-,30+,35-,36-,41-/m0/s1. The number of aryl methyl sites for hydroxylation is 1. The molecule has 5 atom stereocenters. The van der Waals surface area contributed by atoms with E-state index in [1.54, 1.807) is 18.2 Å². The Balaban J connectivity index is 1.68. The Bertz CT molecular complexity index is 2800. The van der Waals surface area contributed by atoms with Crippen molar-refractivity contribution in [2.75, 3.05) is 39.9 Å². The molecule has 4 bridgehead atoms. The molecule has 4 aromatic rings. The van der Waals surface area contributed by atoms with Crippen LogP contribution in [-0.2, 0) is 47.8 Å². The van der Waals surface area contributed by atoms with E-state index in [1.807, 2.05) is 31.6 Å². The van der Waals surface area contributed by atoms with Crippen LogP contribution in [0.25, 0.3) is 22.4 Å². The molecular formula is C48H64N10O13S. The quantitative estimate of drug-likeness (QED) is 0.0585. The number of phenolic OH excluding ortho intramolecular Hbond substituents is 2. The van der Waals surface area contributed by atoms with Crippen LogP contribution in [0.4, 0.5) is 0 Å². The number of phenols is 2. The number of ether oxygens (including phenoxy) is 2. The van der Waals surface area contributed by atoms with Crippen molar-refractivity contribution < 1.29 is 62.3 Å². The number of carbonyl (C=O) groups excluding carboxylic acids is 4. The number of nitrogens with one attached hydrogen (secondary N) is 4. The fourth-order valence-corrected chi connectivity index (χ4v) is 8.27. The molecule has 0 saturated carbocycles. The lowest BCUT2D eigenvalue weighted by atomic mass is 9.86. The van der Waals surface area contributed by atoms with Gasteiger partial charge in [-0.2, -0.15) is 13.1 Å². The number of hydrogen-bond donors (Lipinski definition) is 12. The number of carbonyl (C=O) groups is 5. The van der Waals surface area contributed by atoms with Crippen molar-refractivity contribution in [2.45, 2.75) is 89.7 Å². The van der Waals surface area contributed by atoms with Crippen LogP contribution in [0.2, 0.25) is 0 Å². The van der Waals surface area contributed by atoms with Gasteiger partial charge in [-0.1, -0.05) is 32.9 Å². The van der Waals surface area contributed by atoms with E-state index in [0.717, 1.165) is 17.5 Å². The Hall–Kier alpha value is -6.93. The summed E-state index contributed by atoms with van der Waals surface area (Å²) in [5.74, 6) is -6.20. The van der Waals surface area contributed by atoms with Gasteiger partial charge in [-0.05, 0) is 96.9 Å². The van der Waals surface area contributed by atoms with Crippen molar-refractivity contribution in [3.05, 3.63) is 88.1 Å². The number of rotatable bonds is 18. The van der Waals surface area contributed by atoms with Crippen molar-refractivity contribution in [2.24, 2.45) is 22.3 Å². The van der Waals surface area contributed by atoms with Crippen molar-refractivity contribution in [1.82, 2.24) is 30.6 Å². The van der Waals surface area contributed by atoms with Crippen LogP contribution in [-0.4, -0.2) is 132 Å². The number of hydrogen-bond acceptors (Lipinski definition) is 16. The largest absolute Gasteiger partial charge is 0.507 e. The lowest BCUT2D eigenvalue weighted by Crippen LogP contribution is -2.57. The molecule has 0 saturated heterocycles. The van der Waals surface area contributed by atoms with Gasteiger partial charge in [0, 0.05) is 49.8 Å². The monoisotopic (exact) mass is 1020 g/mol. The van der Waals surface area contributed by atoms with Crippen LogP contribution < -0.4 is 52.5 Å². The van der Waals surface area contributed by atoms with Crippen molar-refractivity contribution in [3.63, 3.8) is 0 Å². The summed E-state index contributed by atoms with van der Waals surface area (Å²) in [6.45, 7) is 7.28.